The van der Waals surface area contributed by atoms with Crippen molar-refractivity contribution in [3.8, 4) is 12.8 Å². The third kappa shape index (κ3) is 6.69. The molecule has 1 aliphatic rings. The van der Waals surface area contributed by atoms with E-state index in [2.05, 4.69) is 22.8 Å². The number of aliphatic hydroxyl groups excluding tert-OH is 1. The minimum Gasteiger partial charge on any atom is -0.481 e. The first kappa shape index (κ1) is 24.2. The Balaban J connectivity index is 0.000000226. The summed E-state index contributed by atoms with van der Waals surface area (Å²) in [6.07, 6.45) is 12.1. The number of rotatable bonds is 5. The fraction of sp³-hybridized carbons (Fsp3) is 0.318. The molecule has 2 atom stereocenters. The number of terminal acetylenes is 1. The van der Waals surface area contributed by atoms with Crippen LogP contribution in [0, 0.1) is 12.8 Å². The van der Waals surface area contributed by atoms with Gasteiger partial charge in [0.25, 0.3) is 0 Å². The normalized spacial score (nSPS) is 17.3. The molecule has 2 aromatic heterocycles. The van der Waals surface area contributed by atoms with E-state index in [-0.39, 0.29) is 30.6 Å². The van der Waals surface area contributed by atoms with Crippen molar-refractivity contribution in [1.82, 2.24) is 14.5 Å². The average molecular weight is 445 g/mol. The van der Waals surface area contributed by atoms with Crippen LogP contribution in [-0.4, -0.2) is 43.4 Å². The van der Waals surface area contributed by atoms with Crippen molar-refractivity contribution in [1.29, 1.82) is 0 Å². The van der Waals surface area contributed by atoms with Crippen molar-refractivity contribution < 1.29 is 19.7 Å². The highest BCUT2D eigenvalue weighted by Crippen LogP contribution is 2.32. The summed E-state index contributed by atoms with van der Waals surface area (Å²) < 4.78 is 7.60. The summed E-state index contributed by atoms with van der Waals surface area (Å²) in [7, 11) is 0. The van der Waals surface area contributed by atoms with Gasteiger partial charge >= 0.3 is 5.97 Å². The van der Waals surface area contributed by atoms with E-state index < -0.39 is 5.97 Å². The highest BCUT2D eigenvalue weighted by molar-refractivity contribution is 6.28. The number of aliphatic hydroxyl groups is 1. The SMILES string of the molecule is C#C.Nc1nc(Cl)nc2c1ccn2[C@H]1CC[C@@H](CO)O1.O=C(O)CCc1ccccc1. The molecule has 0 spiro atoms. The van der Waals surface area contributed by atoms with Crippen molar-refractivity contribution >= 4 is 34.4 Å². The van der Waals surface area contributed by atoms with Crippen molar-refractivity contribution in [2.45, 2.75) is 38.0 Å². The number of aryl methyl sites for hydroxylation is 1. The molecule has 0 unspecified atom stereocenters. The predicted molar refractivity (Wildman–Crippen MR) is 119 cm³/mol. The zero-order chi connectivity index (χ0) is 22.8. The van der Waals surface area contributed by atoms with Gasteiger partial charge in [-0.3, -0.25) is 4.79 Å². The lowest BCUT2D eigenvalue weighted by molar-refractivity contribution is -0.136. The van der Waals surface area contributed by atoms with Crippen LogP contribution >= 0.6 is 11.6 Å². The van der Waals surface area contributed by atoms with Crippen LogP contribution in [0.2, 0.25) is 5.28 Å². The Morgan fingerprint density at radius 2 is 1.94 bits per heavy atom. The van der Waals surface area contributed by atoms with E-state index in [1.54, 1.807) is 0 Å². The van der Waals surface area contributed by atoms with Gasteiger partial charge in [-0.1, -0.05) is 30.3 Å². The monoisotopic (exact) mass is 444 g/mol. The molecule has 31 heavy (non-hydrogen) atoms. The molecule has 1 saturated heterocycles. The fourth-order valence-electron chi connectivity index (χ4n) is 3.18. The lowest BCUT2D eigenvalue weighted by Crippen LogP contribution is -2.14. The maximum absolute atomic E-state index is 10.2. The molecule has 1 fully saturated rings. The van der Waals surface area contributed by atoms with Gasteiger partial charge in [-0.25, -0.2) is 4.98 Å². The van der Waals surface area contributed by atoms with Crippen molar-refractivity contribution in [3.63, 3.8) is 0 Å². The van der Waals surface area contributed by atoms with Crippen LogP contribution in [0.3, 0.4) is 0 Å². The van der Waals surface area contributed by atoms with E-state index in [1.807, 2.05) is 47.2 Å². The highest BCUT2D eigenvalue weighted by atomic mass is 35.5. The predicted octanol–water partition coefficient (Wildman–Crippen LogP) is 3.29. The van der Waals surface area contributed by atoms with Gasteiger partial charge in [-0.2, -0.15) is 4.98 Å². The van der Waals surface area contributed by atoms with Gasteiger partial charge in [0.05, 0.1) is 18.1 Å². The molecule has 0 radical (unpaired) electrons. The number of carboxylic acid groups (broad SMARTS) is 1. The van der Waals surface area contributed by atoms with Gasteiger partial charge < -0.3 is 25.3 Å². The standard InChI is InChI=1S/C11H13ClN4O2.C9H10O2.C2H2/c12-11-14-9(13)7-3-4-16(10(7)15-11)8-2-1-6(5-17)18-8;10-9(11)7-6-8-4-2-1-3-5-8;1-2/h3-4,6,8,17H,1-2,5H2,(H2,13,14,15);1-5H,6-7H2,(H,10,11);1-2H/t6-,8+;;/m0../s1. The van der Waals surface area contributed by atoms with E-state index in [1.165, 1.54) is 0 Å². The van der Waals surface area contributed by atoms with E-state index >= 15 is 0 Å². The number of benzene rings is 1. The first-order valence-electron chi connectivity index (χ1n) is 9.63. The number of hydrogen-bond acceptors (Lipinski definition) is 6. The van der Waals surface area contributed by atoms with Gasteiger partial charge in [0.15, 0.2) is 0 Å². The second-order valence-corrected chi connectivity index (χ2v) is 7.03. The summed E-state index contributed by atoms with van der Waals surface area (Å²) in [5.41, 5.74) is 7.53. The van der Waals surface area contributed by atoms with Crippen LogP contribution in [-0.2, 0) is 16.0 Å². The second kappa shape index (κ2) is 11.9. The lowest BCUT2D eigenvalue weighted by Gasteiger charge is -2.14. The number of aromatic nitrogens is 3. The van der Waals surface area contributed by atoms with Gasteiger partial charge in [-0.15, -0.1) is 12.8 Å². The van der Waals surface area contributed by atoms with Gasteiger partial charge in [0, 0.05) is 12.6 Å². The molecular formula is C22H25ClN4O4. The molecule has 4 N–H and O–H groups in total. The largest absolute Gasteiger partial charge is 0.481 e. The summed E-state index contributed by atoms with van der Waals surface area (Å²) in [5.74, 6) is -0.380. The van der Waals surface area contributed by atoms with Crippen LogP contribution in [0.5, 0.6) is 0 Å². The van der Waals surface area contributed by atoms with Crippen LogP contribution in [0.15, 0.2) is 42.6 Å². The summed E-state index contributed by atoms with van der Waals surface area (Å²) in [6, 6.07) is 11.5. The number of nitrogens with two attached hydrogens (primary N) is 1. The molecule has 3 aromatic rings. The van der Waals surface area contributed by atoms with Crippen LogP contribution in [0.4, 0.5) is 5.82 Å². The first-order chi connectivity index (χ1) is 15.0. The molecule has 9 heteroatoms. The molecule has 8 nitrogen and oxygen atoms in total. The zero-order valence-electron chi connectivity index (χ0n) is 16.9. The molecule has 1 aromatic carbocycles. The minimum absolute atomic E-state index is 0.0353. The van der Waals surface area contributed by atoms with Gasteiger partial charge in [0.1, 0.15) is 17.7 Å². The highest BCUT2D eigenvalue weighted by Gasteiger charge is 2.27. The number of hydrogen-bond donors (Lipinski definition) is 3. The number of ether oxygens (including phenoxy) is 1. The van der Waals surface area contributed by atoms with Gasteiger partial charge in [0.2, 0.25) is 5.28 Å². The number of halogens is 1. The Morgan fingerprint density at radius 1 is 1.23 bits per heavy atom. The Kier molecular flexibility index (Phi) is 9.28. The van der Waals surface area contributed by atoms with E-state index in [9.17, 15) is 4.79 Å². The quantitative estimate of drug-likeness (QED) is 0.407. The van der Waals surface area contributed by atoms with E-state index in [0.29, 0.717) is 17.9 Å². The summed E-state index contributed by atoms with van der Waals surface area (Å²) >= 11 is 5.82. The van der Waals surface area contributed by atoms with Gasteiger partial charge in [-0.05, 0) is 42.5 Å². The smallest absolute Gasteiger partial charge is 0.303 e. The molecular weight excluding hydrogens is 420 g/mol. The second-order valence-electron chi connectivity index (χ2n) is 6.69. The fourth-order valence-corrected chi connectivity index (χ4v) is 3.35. The van der Waals surface area contributed by atoms with Crippen LogP contribution in [0.25, 0.3) is 11.0 Å². The molecule has 4 rings (SSSR count). The van der Waals surface area contributed by atoms with E-state index in [4.69, 9.17) is 32.3 Å². The number of nitrogens with zero attached hydrogens (tertiary/aromatic N) is 3. The number of carbonyl (C=O) groups is 1. The Morgan fingerprint density at radius 3 is 2.55 bits per heavy atom. The van der Waals surface area contributed by atoms with E-state index in [0.717, 1.165) is 23.8 Å². The Labute approximate surface area is 185 Å². The summed E-state index contributed by atoms with van der Waals surface area (Å²) in [5, 5.41) is 18.3. The first-order valence-corrected chi connectivity index (χ1v) is 10.0. The lowest BCUT2D eigenvalue weighted by atomic mass is 10.1. The maximum atomic E-state index is 10.2. The molecule has 3 heterocycles. The zero-order valence-corrected chi connectivity index (χ0v) is 17.7. The minimum atomic E-state index is -0.742. The van der Waals surface area contributed by atoms with Crippen molar-refractivity contribution in [2.75, 3.05) is 12.3 Å². The third-order valence-electron chi connectivity index (χ3n) is 4.64. The Hall–Kier alpha value is -3.12. The number of aliphatic carboxylic acids is 1. The topological polar surface area (TPSA) is 123 Å². The molecule has 1 aliphatic heterocycles. The molecule has 0 saturated carbocycles. The summed E-state index contributed by atoms with van der Waals surface area (Å²) in [4.78, 5) is 18.3. The van der Waals surface area contributed by atoms with Crippen LogP contribution in [0.1, 0.15) is 31.1 Å². The number of anilines is 1. The number of nitrogen functional groups attached to an aromatic ring is 1. The molecule has 0 amide bonds. The van der Waals surface area contributed by atoms with Crippen molar-refractivity contribution in [2.24, 2.45) is 0 Å². The third-order valence-corrected chi connectivity index (χ3v) is 4.81. The average Bonchev–Trinajstić information content (AvgIpc) is 3.42. The molecule has 0 aliphatic carbocycles. The maximum Gasteiger partial charge on any atom is 0.303 e. The van der Waals surface area contributed by atoms with Crippen molar-refractivity contribution in [3.05, 3.63) is 53.4 Å². The Bertz CT molecular complexity index is 1010. The number of carboxylic acids is 1. The number of fused-ring (bicyclic) bond motifs is 1. The molecule has 0 bridgehead atoms. The summed E-state index contributed by atoms with van der Waals surface area (Å²) in [6.45, 7) is 0.0353. The molecule has 164 valence electrons. The van der Waals surface area contributed by atoms with Crippen LogP contribution < -0.4 is 5.73 Å².